The van der Waals surface area contributed by atoms with E-state index in [0.717, 1.165) is 30.5 Å². The molecule has 5 nitrogen and oxygen atoms in total. The lowest BCUT2D eigenvalue weighted by atomic mass is 9.85. The maximum absolute atomic E-state index is 13.5. The van der Waals surface area contributed by atoms with Gasteiger partial charge in [-0.2, -0.15) is 0 Å². The molecule has 6 heteroatoms. The van der Waals surface area contributed by atoms with Crippen molar-refractivity contribution >= 4 is 29.4 Å². The fraction of sp³-hybridized carbons (Fsp3) is 0.375. The zero-order valence-corrected chi connectivity index (χ0v) is 18.2. The Labute approximate surface area is 182 Å². The van der Waals surface area contributed by atoms with Gasteiger partial charge in [0, 0.05) is 11.7 Å². The minimum Gasteiger partial charge on any atom is -0.504 e. The van der Waals surface area contributed by atoms with Gasteiger partial charge >= 0.3 is 0 Å². The van der Waals surface area contributed by atoms with E-state index in [1.54, 1.807) is 30.0 Å². The number of rotatable bonds is 5. The largest absolute Gasteiger partial charge is 0.504 e. The summed E-state index contributed by atoms with van der Waals surface area (Å²) in [7, 11) is 1.52. The van der Waals surface area contributed by atoms with Crippen LogP contribution in [-0.2, 0) is 4.79 Å². The fourth-order valence-electron chi connectivity index (χ4n) is 4.30. The van der Waals surface area contributed by atoms with Crippen LogP contribution in [-0.4, -0.2) is 34.6 Å². The van der Waals surface area contributed by atoms with Gasteiger partial charge in [-0.1, -0.05) is 55.8 Å². The van der Waals surface area contributed by atoms with Crippen LogP contribution in [0, 0.1) is 5.92 Å². The smallest absolute Gasteiger partial charge is 0.262 e. The molecule has 2 aliphatic rings. The van der Waals surface area contributed by atoms with Crippen molar-refractivity contribution in [2.24, 2.45) is 5.92 Å². The summed E-state index contributed by atoms with van der Waals surface area (Å²) in [4.78, 5) is 16.2. The minimum atomic E-state index is -0.143. The first-order valence-corrected chi connectivity index (χ1v) is 11.3. The van der Waals surface area contributed by atoms with Crippen molar-refractivity contribution in [2.45, 2.75) is 44.1 Å². The highest BCUT2D eigenvalue weighted by Gasteiger charge is 2.42. The maximum Gasteiger partial charge on any atom is 0.262 e. The molecule has 1 saturated heterocycles. The highest BCUT2D eigenvalue weighted by molar-refractivity contribution is 8.05. The van der Waals surface area contributed by atoms with Crippen molar-refractivity contribution in [3.8, 4) is 11.5 Å². The van der Waals surface area contributed by atoms with E-state index in [1.807, 2.05) is 41.3 Å². The number of carbonyl (C=O) groups excluding carboxylic acids is 1. The number of anilines is 1. The van der Waals surface area contributed by atoms with Crippen LogP contribution in [0.25, 0.3) is 6.08 Å². The molecular weight excluding hydrogens is 396 g/mol. The summed E-state index contributed by atoms with van der Waals surface area (Å²) in [6.45, 7) is 2.26. The molecule has 1 unspecified atom stereocenters. The molecular formula is C24H28N2O3S. The number of hydrogen-bond donors (Lipinski definition) is 2. The average Bonchev–Trinajstić information content (AvgIpc) is 3.05. The second-order valence-corrected chi connectivity index (χ2v) is 9.08. The van der Waals surface area contributed by atoms with Crippen LogP contribution in [0.5, 0.6) is 11.5 Å². The molecule has 30 heavy (non-hydrogen) atoms. The third kappa shape index (κ3) is 4.29. The summed E-state index contributed by atoms with van der Waals surface area (Å²) in [5.41, 5.74) is 1.69. The van der Waals surface area contributed by atoms with Crippen LogP contribution >= 0.6 is 11.8 Å². The molecule has 2 fully saturated rings. The van der Waals surface area contributed by atoms with E-state index in [9.17, 15) is 9.90 Å². The summed E-state index contributed by atoms with van der Waals surface area (Å²) < 4.78 is 5.21. The average molecular weight is 425 g/mol. The SMILES string of the molecule is COc1cc(/C=C2\SC(Nc3ccccc3)N([C@H]3CCCC[C@H]3C)C2=O)ccc1O. The number of carbonyl (C=O) groups is 1. The summed E-state index contributed by atoms with van der Waals surface area (Å²) in [6.07, 6.45) is 6.49. The van der Waals surface area contributed by atoms with E-state index in [2.05, 4.69) is 12.2 Å². The lowest BCUT2D eigenvalue weighted by molar-refractivity contribution is -0.129. The van der Waals surface area contributed by atoms with Crippen molar-refractivity contribution in [3.63, 3.8) is 0 Å². The van der Waals surface area contributed by atoms with Crippen molar-refractivity contribution in [3.05, 3.63) is 59.0 Å². The zero-order chi connectivity index (χ0) is 21.1. The number of phenols is 1. The number of amides is 1. The monoisotopic (exact) mass is 424 g/mol. The summed E-state index contributed by atoms with van der Waals surface area (Å²) >= 11 is 1.55. The van der Waals surface area contributed by atoms with E-state index in [4.69, 9.17) is 4.74 Å². The molecule has 0 radical (unpaired) electrons. The van der Waals surface area contributed by atoms with E-state index in [1.165, 1.54) is 13.5 Å². The van der Waals surface area contributed by atoms with Crippen LogP contribution in [0.1, 0.15) is 38.2 Å². The summed E-state index contributed by atoms with van der Waals surface area (Å²) in [5.74, 6) is 1.04. The topological polar surface area (TPSA) is 61.8 Å². The molecule has 2 aromatic rings. The van der Waals surface area contributed by atoms with Gasteiger partial charge in [0.15, 0.2) is 17.0 Å². The van der Waals surface area contributed by atoms with Gasteiger partial charge in [0.1, 0.15) is 0 Å². The van der Waals surface area contributed by atoms with Gasteiger partial charge in [-0.3, -0.25) is 4.79 Å². The number of phenolic OH excluding ortho intramolecular Hbond substituents is 1. The molecule has 1 heterocycles. The molecule has 158 valence electrons. The molecule has 3 atom stereocenters. The molecule has 1 amide bonds. The predicted octanol–water partition coefficient (Wildman–Crippen LogP) is 5.29. The first-order valence-electron chi connectivity index (χ1n) is 10.5. The number of nitrogens with one attached hydrogen (secondary N) is 1. The molecule has 1 saturated carbocycles. The predicted molar refractivity (Wildman–Crippen MR) is 122 cm³/mol. The molecule has 0 aromatic heterocycles. The van der Waals surface area contributed by atoms with Crippen LogP contribution in [0.4, 0.5) is 5.69 Å². The van der Waals surface area contributed by atoms with Gasteiger partial charge in [0.2, 0.25) is 0 Å². The van der Waals surface area contributed by atoms with Crippen molar-refractivity contribution in [1.82, 2.24) is 4.90 Å². The normalized spacial score (nSPS) is 25.5. The maximum atomic E-state index is 13.5. The quantitative estimate of drug-likeness (QED) is 0.639. The molecule has 1 aliphatic heterocycles. The van der Waals surface area contributed by atoms with Crippen molar-refractivity contribution in [2.75, 3.05) is 12.4 Å². The Kier molecular flexibility index (Phi) is 6.23. The number of para-hydroxylation sites is 1. The second-order valence-electron chi connectivity index (χ2n) is 7.96. The van der Waals surface area contributed by atoms with Crippen LogP contribution in [0.2, 0.25) is 0 Å². The highest BCUT2D eigenvalue weighted by Crippen LogP contribution is 2.42. The Hall–Kier alpha value is -2.60. The first kappa shape index (κ1) is 20.7. The minimum absolute atomic E-state index is 0.0687. The van der Waals surface area contributed by atoms with E-state index in [0.29, 0.717) is 16.6 Å². The number of aromatic hydroxyl groups is 1. The molecule has 0 bridgehead atoms. The first-order chi connectivity index (χ1) is 14.6. The van der Waals surface area contributed by atoms with Crippen molar-refractivity contribution in [1.29, 1.82) is 0 Å². The molecule has 2 N–H and O–H groups in total. The van der Waals surface area contributed by atoms with Crippen LogP contribution in [0.3, 0.4) is 0 Å². The van der Waals surface area contributed by atoms with Crippen molar-refractivity contribution < 1.29 is 14.6 Å². The Morgan fingerprint density at radius 1 is 1.17 bits per heavy atom. The lowest BCUT2D eigenvalue weighted by Crippen LogP contribution is -2.48. The fourth-order valence-corrected chi connectivity index (χ4v) is 5.51. The third-order valence-corrected chi connectivity index (χ3v) is 7.04. The van der Waals surface area contributed by atoms with Gasteiger partial charge in [0.05, 0.1) is 12.0 Å². The van der Waals surface area contributed by atoms with Crippen LogP contribution in [0.15, 0.2) is 53.4 Å². The Bertz CT molecular complexity index is 931. The van der Waals surface area contributed by atoms with Gasteiger partial charge in [-0.05, 0) is 54.7 Å². The van der Waals surface area contributed by atoms with E-state index in [-0.39, 0.29) is 23.2 Å². The molecule has 4 rings (SSSR count). The Morgan fingerprint density at radius 3 is 2.67 bits per heavy atom. The number of thioether (sulfide) groups is 1. The van der Waals surface area contributed by atoms with Gasteiger partial charge in [0.25, 0.3) is 5.91 Å². The van der Waals surface area contributed by atoms with E-state index >= 15 is 0 Å². The Balaban J connectivity index is 1.65. The molecule has 1 aliphatic carbocycles. The van der Waals surface area contributed by atoms with Gasteiger partial charge in [-0.15, -0.1) is 0 Å². The Morgan fingerprint density at radius 2 is 1.93 bits per heavy atom. The number of hydrogen-bond acceptors (Lipinski definition) is 5. The van der Waals surface area contributed by atoms with E-state index < -0.39 is 0 Å². The third-order valence-electron chi connectivity index (χ3n) is 5.93. The lowest BCUT2D eigenvalue weighted by Gasteiger charge is -2.39. The standard InChI is InChI=1S/C24H28N2O3S/c1-16-8-6-7-11-19(16)26-23(28)22(15-17-12-13-20(27)21(14-17)29-2)30-24(26)25-18-9-4-3-5-10-18/h3-5,9-10,12-16,19,24-25,27H,6-8,11H2,1-2H3/b22-15-/t16-,19+,24?/m1/s1. The number of ether oxygens (including phenoxy) is 1. The highest BCUT2D eigenvalue weighted by atomic mass is 32.2. The summed E-state index contributed by atoms with van der Waals surface area (Å²) in [6, 6.07) is 15.4. The van der Waals surface area contributed by atoms with Gasteiger partial charge < -0.3 is 20.1 Å². The summed E-state index contributed by atoms with van der Waals surface area (Å²) in [5, 5.41) is 13.4. The second kappa shape index (κ2) is 9.04. The molecule has 0 spiro atoms. The number of benzene rings is 2. The number of methoxy groups -OCH3 is 1. The van der Waals surface area contributed by atoms with Crippen LogP contribution < -0.4 is 10.1 Å². The zero-order valence-electron chi connectivity index (χ0n) is 17.4. The van der Waals surface area contributed by atoms with Gasteiger partial charge in [-0.25, -0.2) is 0 Å². The number of nitrogens with zero attached hydrogens (tertiary/aromatic N) is 1. The molecule has 2 aromatic carbocycles.